The van der Waals surface area contributed by atoms with Crippen LogP contribution < -0.4 is 10.1 Å². The van der Waals surface area contributed by atoms with Crippen molar-refractivity contribution in [2.45, 2.75) is 55.3 Å². The molecule has 1 N–H and O–H groups in total. The molecule has 0 spiro atoms. The van der Waals surface area contributed by atoms with Crippen LogP contribution in [-0.2, 0) is 4.79 Å². The van der Waals surface area contributed by atoms with Crippen LogP contribution in [0.2, 0.25) is 0 Å². The summed E-state index contributed by atoms with van der Waals surface area (Å²) in [7, 11) is 5.81. The molecule has 1 aromatic rings. The fraction of sp³-hybridized carbons (Fsp3) is 0.696. The summed E-state index contributed by atoms with van der Waals surface area (Å²) in [5, 5.41) is 3.25. The lowest BCUT2D eigenvalue weighted by Crippen LogP contribution is -2.54. The van der Waals surface area contributed by atoms with Crippen LogP contribution in [0.25, 0.3) is 0 Å². The van der Waals surface area contributed by atoms with Crippen molar-refractivity contribution in [1.29, 1.82) is 0 Å². The Hall–Kier alpha value is -1.07. The van der Waals surface area contributed by atoms with E-state index in [0.29, 0.717) is 17.3 Å². The van der Waals surface area contributed by atoms with Gasteiger partial charge in [0, 0.05) is 22.9 Å². The summed E-state index contributed by atoms with van der Waals surface area (Å²) in [6.45, 7) is 0.606. The van der Waals surface area contributed by atoms with Gasteiger partial charge in [0.25, 0.3) is 0 Å². The third-order valence-corrected chi connectivity index (χ3v) is 8.19. The van der Waals surface area contributed by atoms with Gasteiger partial charge < -0.3 is 15.0 Å². The van der Waals surface area contributed by atoms with E-state index < -0.39 is 0 Å². The third-order valence-electron chi connectivity index (χ3n) is 7.26. The highest BCUT2D eigenvalue weighted by Gasteiger charge is 2.57. The summed E-state index contributed by atoms with van der Waals surface area (Å²) in [4.78, 5) is 15.1. The average Bonchev–Trinajstić information content (AvgIpc) is 2.59. The largest absolute Gasteiger partial charge is 0.496 e. The molecule has 4 nitrogen and oxygen atoms in total. The minimum Gasteiger partial charge on any atom is -0.496 e. The molecule has 3 atom stereocenters. The molecular weight excluding hydrogens is 416 g/mol. The molecule has 0 aromatic heterocycles. The molecule has 1 aromatic carbocycles. The lowest BCUT2D eigenvalue weighted by molar-refractivity contribution is -0.128. The van der Waals surface area contributed by atoms with Gasteiger partial charge in [-0.15, -0.1) is 0 Å². The molecule has 3 unspecified atom stereocenters. The molecule has 5 heteroatoms. The van der Waals surface area contributed by atoms with Crippen LogP contribution in [0.1, 0.15) is 56.6 Å². The maximum Gasteiger partial charge on any atom is 0.220 e. The van der Waals surface area contributed by atoms with Gasteiger partial charge in [-0.05, 0) is 75.9 Å². The number of amides is 1. The number of hydrogen-bond acceptors (Lipinski definition) is 3. The second kappa shape index (κ2) is 7.64. The van der Waals surface area contributed by atoms with E-state index in [-0.39, 0.29) is 17.4 Å². The van der Waals surface area contributed by atoms with E-state index in [1.54, 1.807) is 7.11 Å². The average molecular weight is 449 g/mol. The molecule has 0 heterocycles. The van der Waals surface area contributed by atoms with Gasteiger partial charge in [-0.1, -0.05) is 34.1 Å². The van der Waals surface area contributed by atoms with Crippen LogP contribution >= 0.6 is 15.9 Å². The van der Waals surface area contributed by atoms with Crippen LogP contribution in [0.3, 0.4) is 0 Å². The number of nitrogens with zero attached hydrogens (tertiary/aromatic N) is 1. The van der Waals surface area contributed by atoms with Crippen LogP contribution in [0.5, 0.6) is 5.75 Å². The summed E-state index contributed by atoms with van der Waals surface area (Å²) in [6, 6.07) is 8.18. The van der Waals surface area contributed by atoms with Crippen molar-refractivity contribution in [2.24, 2.45) is 17.3 Å². The predicted molar refractivity (Wildman–Crippen MR) is 116 cm³/mol. The first-order chi connectivity index (χ1) is 13.3. The van der Waals surface area contributed by atoms with Crippen molar-refractivity contribution >= 4 is 21.8 Å². The van der Waals surface area contributed by atoms with Crippen LogP contribution in [0, 0.1) is 17.3 Å². The molecule has 0 radical (unpaired) electrons. The van der Waals surface area contributed by atoms with Gasteiger partial charge >= 0.3 is 0 Å². The number of carbonyl (C=O) groups excluding carboxylic acids is 1. The lowest BCUT2D eigenvalue weighted by atomic mass is 9.48. The molecule has 28 heavy (non-hydrogen) atoms. The first-order valence-electron chi connectivity index (χ1n) is 10.6. The molecule has 4 saturated carbocycles. The van der Waals surface area contributed by atoms with Crippen molar-refractivity contribution in [2.75, 3.05) is 27.7 Å². The molecule has 154 valence electrons. The van der Waals surface area contributed by atoms with Gasteiger partial charge in [-0.3, -0.25) is 4.79 Å². The maximum atomic E-state index is 13.0. The van der Waals surface area contributed by atoms with Gasteiger partial charge in [0.15, 0.2) is 0 Å². The number of rotatable bonds is 7. The molecule has 5 rings (SSSR count). The number of carbonyl (C=O) groups is 1. The maximum absolute atomic E-state index is 13.0. The fourth-order valence-electron chi connectivity index (χ4n) is 6.67. The van der Waals surface area contributed by atoms with Crippen molar-refractivity contribution in [3.63, 3.8) is 0 Å². The summed E-state index contributed by atoms with van der Waals surface area (Å²) >= 11 is 4.06. The molecule has 1 amide bonds. The highest BCUT2D eigenvalue weighted by atomic mass is 79.9. The second-order valence-corrected chi connectivity index (χ2v) is 11.5. The standard InChI is InChI=1S/C23H33BrN2O2/c1-26(2)19(18-6-4-5-7-20(18)28-3)14-25-21(27)13-22-9-16-8-17(10-22)12-23(24,11-16)15-22/h4-7,16-17,19H,8-15H2,1-3H3,(H,25,27). The zero-order valence-electron chi connectivity index (χ0n) is 17.3. The van der Waals surface area contributed by atoms with E-state index in [4.69, 9.17) is 4.74 Å². The first kappa shape index (κ1) is 20.2. The zero-order valence-corrected chi connectivity index (χ0v) is 18.9. The van der Waals surface area contributed by atoms with E-state index in [0.717, 1.165) is 23.1 Å². The normalized spacial score (nSPS) is 34.5. The van der Waals surface area contributed by atoms with E-state index in [2.05, 4.69) is 46.3 Å². The molecule has 0 saturated heterocycles. The number of para-hydroxylation sites is 1. The first-order valence-corrected chi connectivity index (χ1v) is 11.4. The highest BCUT2D eigenvalue weighted by Crippen LogP contribution is 2.65. The third kappa shape index (κ3) is 3.97. The van der Waals surface area contributed by atoms with Crippen molar-refractivity contribution in [3.8, 4) is 5.75 Å². The Bertz CT molecular complexity index is 721. The smallest absolute Gasteiger partial charge is 0.220 e. The molecular formula is C23H33BrN2O2. The predicted octanol–water partition coefficient (Wildman–Crippen LogP) is 4.54. The zero-order chi connectivity index (χ0) is 19.9. The highest BCUT2D eigenvalue weighted by molar-refractivity contribution is 9.10. The fourth-order valence-corrected chi connectivity index (χ4v) is 8.18. The minimum absolute atomic E-state index is 0.0963. The molecule has 4 fully saturated rings. The van der Waals surface area contributed by atoms with Gasteiger partial charge in [0.1, 0.15) is 5.75 Å². The Morgan fingerprint density at radius 3 is 2.54 bits per heavy atom. The van der Waals surface area contributed by atoms with Crippen molar-refractivity contribution in [1.82, 2.24) is 10.2 Å². The van der Waals surface area contributed by atoms with Gasteiger partial charge in [0.05, 0.1) is 13.2 Å². The van der Waals surface area contributed by atoms with E-state index in [1.807, 2.05) is 18.2 Å². The van der Waals surface area contributed by atoms with Gasteiger partial charge in [-0.25, -0.2) is 0 Å². The van der Waals surface area contributed by atoms with Crippen molar-refractivity contribution in [3.05, 3.63) is 29.8 Å². The SMILES string of the molecule is COc1ccccc1C(CNC(=O)CC12CC3CC(CC(Br)(C3)C1)C2)N(C)C. The minimum atomic E-state index is 0.0963. The van der Waals surface area contributed by atoms with Gasteiger partial charge in [0.2, 0.25) is 5.91 Å². The summed E-state index contributed by atoms with van der Waals surface area (Å²) in [5.41, 5.74) is 1.33. The summed E-state index contributed by atoms with van der Waals surface area (Å²) < 4.78 is 5.85. The molecule has 0 aliphatic heterocycles. The number of alkyl halides is 1. The Kier molecular flexibility index (Phi) is 5.51. The summed E-state index contributed by atoms with van der Waals surface area (Å²) in [5.74, 6) is 2.71. The Morgan fingerprint density at radius 1 is 1.25 bits per heavy atom. The molecule has 4 bridgehead atoms. The quantitative estimate of drug-likeness (QED) is 0.622. The number of hydrogen-bond donors (Lipinski definition) is 1. The van der Waals surface area contributed by atoms with Crippen LogP contribution in [0.15, 0.2) is 24.3 Å². The Balaban J connectivity index is 1.41. The second-order valence-electron chi connectivity index (χ2n) is 9.81. The van der Waals surface area contributed by atoms with Gasteiger partial charge in [-0.2, -0.15) is 0 Å². The molecule has 4 aliphatic carbocycles. The number of likely N-dealkylation sites (N-methyl/N-ethyl adjacent to an activating group) is 1. The van der Waals surface area contributed by atoms with E-state index >= 15 is 0 Å². The van der Waals surface area contributed by atoms with E-state index in [1.165, 1.54) is 38.5 Å². The Morgan fingerprint density at radius 2 is 1.93 bits per heavy atom. The topological polar surface area (TPSA) is 41.6 Å². The molecule has 4 aliphatic rings. The number of ether oxygens (including phenoxy) is 1. The number of nitrogens with one attached hydrogen (secondary N) is 1. The lowest BCUT2D eigenvalue weighted by Gasteiger charge is -2.60. The summed E-state index contributed by atoms with van der Waals surface area (Å²) in [6.07, 6.45) is 8.34. The number of benzene rings is 1. The van der Waals surface area contributed by atoms with E-state index in [9.17, 15) is 4.79 Å². The van der Waals surface area contributed by atoms with Crippen LogP contribution in [0.4, 0.5) is 0 Å². The number of methoxy groups -OCH3 is 1. The monoisotopic (exact) mass is 448 g/mol. The number of halogens is 1. The van der Waals surface area contributed by atoms with Crippen molar-refractivity contribution < 1.29 is 9.53 Å². The van der Waals surface area contributed by atoms with Crippen LogP contribution in [-0.4, -0.2) is 42.9 Å². The Labute approximate surface area is 177 Å².